The minimum atomic E-state index is -3.13. The monoisotopic (exact) mass is 301 g/mol. The van der Waals surface area contributed by atoms with Gasteiger partial charge in [-0.25, -0.2) is 8.42 Å². The van der Waals surface area contributed by atoms with E-state index in [1.807, 2.05) is 0 Å². The van der Waals surface area contributed by atoms with Crippen LogP contribution in [0.1, 0.15) is 56.7 Å². The maximum absolute atomic E-state index is 11.3. The van der Waals surface area contributed by atoms with E-state index in [0.29, 0.717) is 11.9 Å². The summed E-state index contributed by atoms with van der Waals surface area (Å²) in [4.78, 5) is 4.30. The van der Waals surface area contributed by atoms with Crippen LogP contribution in [0.25, 0.3) is 0 Å². The highest BCUT2D eigenvalue weighted by atomic mass is 32.2. The Bertz CT molecular complexity index is 527. The van der Waals surface area contributed by atoms with Gasteiger partial charge in [-0.2, -0.15) is 4.98 Å². The summed E-state index contributed by atoms with van der Waals surface area (Å²) in [5, 5.41) is 7.29. The molecular formula is C13H23N3O3S. The number of nitrogens with zero attached hydrogens (tertiary/aromatic N) is 2. The van der Waals surface area contributed by atoms with Crippen LogP contribution in [-0.4, -0.2) is 37.4 Å². The summed E-state index contributed by atoms with van der Waals surface area (Å²) in [5.74, 6) is 0.881. The summed E-state index contributed by atoms with van der Waals surface area (Å²) >= 11 is 0. The lowest BCUT2D eigenvalue weighted by Gasteiger charge is -2.22. The molecular weight excluding hydrogens is 278 g/mol. The maximum atomic E-state index is 11.3. The van der Waals surface area contributed by atoms with Gasteiger partial charge < -0.3 is 9.84 Å². The number of nitrogens with one attached hydrogen (secondary N) is 1. The zero-order chi connectivity index (χ0) is 14.6. The first kappa shape index (κ1) is 15.4. The van der Waals surface area contributed by atoms with E-state index in [9.17, 15) is 8.42 Å². The molecule has 1 aliphatic carbocycles. The minimum Gasteiger partial charge on any atom is -0.339 e. The van der Waals surface area contributed by atoms with E-state index in [-0.39, 0.29) is 17.5 Å². The summed E-state index contributed by atoms with van der Waals surface area (Å²) in [7, 11) is -3.13. The molecule has 0 aliphatic heterocycles. The quantitative estimate of drug-likeness (QED) is 0.832. The van der Waals surface area contributed by atoms with Gasteiger partial charge in [-0.3, -0.25) is 0 Å². The second kappa shape index (κ2) is 6.67. The average molecular weight is 301 g/mol. The van der Waals surface area contributed by atoms with Crippen molar-refractivity contribution < 1.29 is 12.9 Å². The van der Waals surface area contributed by atoms with E-state index in [2.05, 4.69) is 22.4 Å². The van der Waals surface area contributed by atoms with Gasteiger partial charge in [0.05, 0.1) is 5.92 Å². The summed E-state index contributed by atoms with van der Waals surface area (Å²) in [5.41, 5.74) is 0. The Morgan fingerprint density at radius 3 is 2.75 bits per heavy atom. The predicted molar refractivity (Wildman–Crippen MR) is 76.1 cm³/mol. The van der Waals surface area contributed by atoms with Crippen molar-refractivity contribution in [1.29, 1.82) is 0 Å². The van der Waals surface area contributed by atoms with Crippen LogP contribution in [0.3, 0.4) is 0 Å². The second-order valence-electron chi connectivity index (χ2n) is 5.53. The molecule has 1 aromatic rings. The lowest BCUT2D eigenvalue weighted by molar-refractivity contribution is 0.304. The van der Waals surface area contributed by atoms with Gasteiger partial charge in [-0.15, -0.1) is 0 Å². The van der Waals surface area contributed by atoms with E-state index < -0.39 is 9.84 Å². The molecule has 1 N–H and O–H groups in total. The first-order chi connectivity index (χ1) is 9.49. The Morgan fingerprint density at radius 2 is 2.05 bits per heavy atom. The Balaban J connectivity index is 2.15. The third kappa shape index (κ3) is 4.28. The van der Waals surface area contributed by atoms with Crippen molar-refractivity contribution in [2.75, 3.05) is 12.8 Å². The fourth-order valence-electron chi connectivity index (χ4n) is 2.82. The predicted octanol–water partition coefficient (Wildman–Crippen LogP) is 1.64. The van der Waals surface area contributed by atoms with Crippen LogP contribution >= 0.6 is 0 Å². The average Bonchev–Trinajstić information content (AvgIpc) is 2.66. The van der Waals surface area contributed by atoms with Crippen LogP contribution < -0.4 is 5.32 Å². The number of aromatic nitrogens is 2. The lowest BCUT2D eigenvalue weighted by atomic mass is 9.94. The van der Waals surface area contributed by atoms with Crippen LogP contribution in [0.2, 0.25) is 0 Å². The van der Waals surface area contributed by atoms with Crippen LogP contribution in [0.15, 0.2) is 4.52 Å². The lowest BCUT2D eigenvalue weighted by Crippen LogP contribution is -2.34. The van der Waals surface area contributed by atoms with E-state index in [1.165, 1.54) is 19.1 Å². The van der Waals surface area contributed by atoms with Crippen molar-refractivity contribution in [3.63, 3.8) is 0 Å². The molecule has 1 aliphatic rings. The van der Waals surface area contributed by atoms with Crippen molar-refractivity contribution in [2.45, 2.75) is 56.7 Å². The molecule has 114 valence electrons. The van der Waals surface area contributed by atoms with Gasteiger partial charge in [0.15, 0.2) is 15.7 Å². The van der Waals surface area contributed by atoms with Crippen LogP contribution in [0, 0.1) is 0 Å². The van der Waals surface area contributed by atoms with Crippen LogP contribution in [0.4, 0.5) is 0 Å². The molecule has 2 atom stereocenters. The number of hydrogen-bond acceptors (Lipinski definition) is 6. The van der Waals surface area contributed by atoms with Gasteiger partial charge in [-0.1, -0.05) is 31.3 Å². The Labute approximate surface area is 120 Å². The molecule has 0 radical (unpaired) electrons. The zero-order valence-electron chi connectivity index (χ0n) is 12.1. The molecule has 0 spiro atoms. The standard InChI is InChI=1S/C13H23N3O3S/c1-3-14-11-8-6-4-5-7-10(11)13-15-12(16-19-13)9-20(2,17)18/h10-11,14H,3-9H2,1-2H3. The number of rotatable bonds is 5. The first-order valence-corrected chi connectivity index (χ1v) is 9.29. The number of likely N-dealkylation sites (N-methyl/N-ethyl adjacent to an activating group) is 1. The molecule has 0 saturated heterocycles. The van der Waals surface area contributed by atoms with Crippen molar-refractivity contribution >= 4 is 9.84 Å². The first-order valence-electron chi connectivity index (χ1n) is 7.23. The van der Waals surface area contributed by atoms with Crippen LogP contribution in [-0.2, 0) is 15.6 Å². The Hall–Kier alpha value is -0.950. The molecule has 2 unspecified atom stereocenters. The van der Waals surface area contributed by atoms with Crippen LogP contribution in [0.5, 0.6) is 0 Å². The summed E-state index contributed by atoms with van der Waals surface area (Å²) in [6.45, 7) is 3.00. The van der Waals surface area contributed by atoms with E-state index in [1.54, 1.807) is 0 Å². The van der Waals surface area contributed by atoms with Gasteiger partial charge in [0.1, 0.15) is 5.75 Å². The van der Waals surface area contributed by atoms with Gasteiger partial charge in [0, 0.05) is 12.3 Å². The fraction of sp³-hybridized carbons (Fsp3) is 0.846. The Kier molecular flexibility index (Phi) is 5.15. The highest BCUT2D eigenvalue weighted by molar-refractivity contribution is 7.89. The van der Waals surface area contributed by atoms with Crippen molar-refractivity contribution in [1.82, 2.24) is 15.5 Å². The molecule has 20 heavy (non-hydrogen) atoms. The third-order valence-corrected chi connectivity index (χ3v) is 4.46. The highest BCUT2D eigenvalue weighted by Gasteiger charge is 2.29. The van der Waals surface area contributed by atoms with Gasteiger partial charge in [0.25, 0.3) is 0 Å². The molecule has 1 fully saturated rings. The summed E-state index contributed by atoms with van der Waals surface area (Å²) in [6, 6.07) is 0.342. The van der Waals surface area contributed by atoms with Gasteiger partial charge in [-0.05, 0) is 19.4 Å². The molecule has 1 aromatic heterocycles. The van der Waals surface area contributed by atoms with Crippen molar-refractivity contribution in [2.24, 2.45) is 0 Å². The summed E-state index contributed by atoms with van der Waals surface area (Å²) in [6.07, 6.45) is 6.87. The largest absolute Gasteiger partial charge is 0.339 e. The summed E-state index contributed by atoms with van der Waals surface area (Å²) < 4.78 is 27.9. The minimum absolute atomic E-state index is 0.158. The number of hydrogen-bond donors (Lipinski definition) is 1. The van der Waals surface area contributed by atoms with E-state index in [4.69, 9.17) is 4.52 Å². The normalized spacial score (nSPS) is 24.5. The van der Waals surface area contributed by atoms with Crippen molar-refractivity contribution in [3.8, 4) is 0 Å². The maximum Gasteiger partial charge on any atom is 0.231 e. The smallest absolute Gasteiger partial charge is 0.231 e. The van der Waals surface area contributed by atoms with E-state index >= 15 is 0 Å². The van der Waals surface area contributed by atoms with E-state index in [0.717, 1.165) is 25.8 Å². The molecule has 0 aromatic carbocycles. The molecule has 6 nitrogen and oxygen atoms in total. The molecule has 7 heteroatoms. The highest BCUT2D eigenvalue weighted by Crippen LogP contribution is 2.31. The zero-order valence-corrected chi connectivity index (χ0v) is 12.9. The third-order valence-electron chi connectivity index (χ3n) is 3.67. The van der Waals surface area contributed by atoms with Gasteiger partial charge >= 0.3 is 0 Å². The molecule has 1 saturated carbocycles. The topological polar surface area (TPSA) is 85.1 Å². The SMILES string of the molecule is CCNC1CCCCCC1c1nc(CS(C)(=O)=O)no1. The number of sulfone groups is 1. The second-order valence-corrected chi connectivity index (χ2v) is 7.67. The van der Waals surface area contributed by atoms with Gasteiger partial charge in [0.2, 0.25) is 5.89 Å². The molecule has 1 heterocycles. The molecule has 0 amide bonds. The Morgan fingerprint density at radius 1 is 1.30 bits per heavy atom. The molecule has 0 bridgehead atoms. The fourth-order valence-corrected chi connectivity index (χ4v) is 3.41. The van der Waals surface area contributed by atoms with Crippen molar-refractivity contribution in [3.05, 3.63) is 11.7 Å². The molecule has 2 rings (SSSR count).